The summed E-state index contributed by atoms with van der Waals surface area (Å²) in [5, 5.41) is 7.48. The Balaban J connectivity index is 2.26. The van der Waals surface area contributed by atoms with Crippen molar-refractivity contribution in [2.75, 3.05) is 7.11 Å². The lowest BCUT2D eigenvalue weighted by atomic mass is 10.1. The number of esters is 1. The second kappa shape index (κ2) is 4.58. The van der Waals surface area contributed by atoms with Crippen LogP contribution in [-0.2, 0) is 14.3 Å². The van der Waals surface area contributed by atoms with E-state index in [2.05, 4.69) is 15.4 Å². The van der Waals surface area contributed by atoms with Crippen molar-refractivity contribution in [1.29, 1.82) is 0 Å². The number of rotatable bonds is 2. The molecule has 0 saturated heterocycles. The molecule has 6 heteroatoms. The van der Waals surface area contributed by atoms with Crippen LogP contribution in [0.4, 0.5) is 0 Å². The fraction of sp³-hybridized carbons (Fsp3) is 0.273. The van der Waals surface area contributed by atoms with Gasteiger partial charge in [-0.15, -0.1) is 11.3 Å². The number of ether oxygens (including phenoxy) is 1. The highest BCUT2D eigenvalue weighted by atomic mass is 32.1. The maximum Gasteiger partial charge on any atom is 0.356 e. The molecule has 2 heterocycles. The van der Waals surface area contributed by atoms with Crippen LogP contribution in [0.3, 0.4) is 0 Å². The van der Waals surface area contributed by atoms with Crippen molar-refractivity contribution < 1.29 is 14.3 Å². The highest BCUT2D eigenvalue weighted by molar-refractivity contribution is 7.10. The van der Waals surface area contributed by atoms with Gasteiger partial charge in [0.1, 0.15) is 11.7 Å². The third kappa shape index (κ3) is 2.16. The molecule has 1 aromatic heterocycles. The molecule has 0 radical (unpaired) electrons. The number of allylic oxidation sites excluding steroid dienone is 1. The fourth-order valence-electron chi connectivity index (χ4n) is 1.61. The van der Waals surface area contributed by atoms with E-state index in [0.29, 0.717) is 5.70 Å². The van der Waals surface area contributed by atoms with Gasteiger partial charge in [-0.3, -0.25) is 4.79 Å². The van der Waals surface area contributed by atoms with E-state index in [1.807, 2.05) is 17.5 Å². The zero-order chi connectivity index (χ0) is 12.4. The van der Waals surface area contributed by atoms with Crippen molar-refractivity contribution in [2.24, 2.45) is 0 Å². The van der Waals surface area contributed by atoms with Gasteiger partial charge in [0.15, 0.2) is 0 Å². The second-order valence-corrected chi connectivity index (χ2v) is 4.55. The van der Waals surface area contributed by atoms with Gasteiger partial charge in [-0.1, -0.05) is 6.07 Å². The summed E-state index contributed by atoms with van der Waals surface area (Å²) in [6, 6.07) is 3.31. The minimum Gasteiger partial charge on any atom is -0.464 e. The molecule has 0 spiro atoms. The summed E-state index contributed by atoms with van der Waals surface area (Å²) in [6.45, 7) is 1.73. The molecule has 0 bridgehead atoms. The quantitative estimate of drug-likeness (QED) is 0.768. The normalized spacial score (nSPS) is 19.6. The van der Waals surface area contributed by atoms with Gasteiger partial charge >= 0.3 is 5.97 Å². The summed E-state index contributed by atoms with van der Waals surface area (Å²) >= 11 is 1.49. The zero-order valence-corrected chi connectivity index (χ0v) is 10.3. The standard InChI is InChI=1S/C11H12N2O3S/c1-6-8(11(15)16-2)13-10(14)9(12-6)7-4-3-5-17-7/h3-5,9,12H,1-2H3,(H,13,14)/t9-/m0/s1. The van der Waals surface area contributed by atoms with Crippen LogP contribution < -0.4 is 10.6 Å². The van der Waals surface area contributed by atoms with Crippen LogP contribution in [0.5, 0.6) is 0 Å². The summed E-state index contributed by atoms with van der Waals surface area (Å²) in [4.78, 5) is 24.2. The molecule has 90 valence electrons. The van der Waals surface area contributed by atoms with Crippen molar-refractivity contribution in [3.05, 3.63) is 33.8 Å². The average Bonchev–Trinajstić information content (AvgIpc) is 2.84. The van der Waals surface area contributed by atoms with E-state index in [0.717, 1.165) is 4.88 Å². The molecule has 1 aromatic rings. The van der Waals surface area contributed by atoms with Gasteiger partial charge in [-0.2, -0.15) is 0 Å². The van der Waals surface area contributed by atoms with Crippen LogP contribution in [0.15, 0.2) is 28.9 Å². The van der Waals surface area contributed by atoms with E-state index < -0.39 is 12.0 Å². The Morgan fingerprint density at radius 1 is 1.53 bits per heavy atom. The minimum atomic E-state index is -0.548. The lowest BCUT2D eigenvalue weighted by Gasteiger charge is -2.25. The summed E-state index contributed by atoms with van der Waals surface area (Å²) in [7, 11) is 1.28. The zero-order valence-electron chi connectivity index (χ0n) is 9.44. The van der Waals surface area contributed by atoms with Crippen LogP contribution in [-0.4, -0.2) is 19.0 Å². The molecule has 1 amide bonds. The molecular weight excluding hydrogens is 240 g/mol. The molecule has 0 saturated carbocycles. The number of carbonyl (C=O) groups excluding carboxylic acids is 2. The molecule has 0 aromatic carbocycles. The number of thiophene rings is 1. The first-order valence-electron chi connectivity index (χ1n) is 5.03. The third-order valence-electron chi connectivity index (χ3n) is 2.46. The molecule has 5 nitrogen and oxygen atoms in total. The minimum absolute atomic E-state index is 0.172. The first kappa shape index (κ1) is 11.7. The Hall–Kier alpha value is -1.82. The highest BCUT2D eigenvalue weighted by Crippen LogP contribution is 2.23. The lowest BCUT2D eigenvalue weighted by molar-refractivity contribution is -0.138. The molecule has 1 aliphatic heterocycles. The summed E-state index contributed by atoms with van der Waals surface area (Å²) in [5.74, 6) is -0.800. The topological polar surface area (TPSA) is 67.4 Å². The van der Waals surface area contributed by atoms with E-state index in [4.69, 9.17) is 0 Å². The molecule has 1 atom stereocenters. The average molecular weight is 252 g/mol. The molecular formula is C11H12N2O3S. The largest absolute Gasteiger partial charge is 0.464 e. The highest BCUT2D eigenvalue weighted by Gasteiger charge is 2.30. The molecule has 2 rings (SSSR count). The van der Waals surface area contributed by atoms with Gasteiger partial charge in [0.2, 0.25) is 0 Å². The predicted octanol–water partition coefficient (Wildman–Crippen LogP) is 0.913. The second-order valence-electron chi connectivity index (χ2n) is 3.57. The molecule has 0 fully saturated rings. The van der Waals surface area contributed by atoms with Crippen LogP contribution in [0, 0.1) is 0 Å². The van der Waals surface area contributed by atoms with Gasteiger partial charge in [0, 0.05) is 10.6 Å². The smallest absolute Gasteiger partial charge is 0.356 e. The van der Waals surface area contributed by atoms with Crippen LogP contribution in [0.2, 0.25) is 0 Å². The Labute approximate surface area is 102 Å². The first-order chi connectivity index (χ1) is 8.13. The summed E-state index contributed by atoms with van der Waals surface area (Å²) < 4.78 is 4.59. The van der Waals surface area contributed by atoms with Gasteiger partial charge in [-0.05, 0) is 18.4 Å². The molecule has 0 unspecified atom stereocenters. The van der Waals surface area contributed by atoms with E-state index in [1.165, 1.54) is 18.4 Å². The molecule has 17 heavy (non-hydrogen) atoms. The van der Waals surface area contributed by atoms with Crippen molar-refractivity contribution in [3.63, 3.8) is 0 Å². The van der Waals surface area contributed by atoms with Crippen molar-refractivity contribution >= 4 is 23.2 Å². The maximum atomic E-state index is 11.9. The SMILES string of the molecule is COC(=O)C1=C(C)N[C@@H](c2cccs2)C(=O)N1. The van der Waals surface area contributed by atoms with E-state index in [1.54, 1.807) is 6.92 Å². The Kier molecular flexibility index (Phi) is 3.14. The van der Waals surface area contributed by atoms with Crippen molar-refractivity contribution in [2.45, 2.75) is 13.0 Å². The Bertz CT molecular complexity index is 479. The monoisotopic (exact) mass is 252 g/mol. The van der Waals surface area contributed by atoms with Crippen LogP contribution >= 0.6 is 11.3 Å². The molecule has 0 aliphatic carbocycles. The Morgan fingerprint density at radius 3 is 2.88 bits per heavy atom. The van der Waals surface area contributed by atoms with Crippen molar-refractivity contribution in [1.82, 2.24) is 10.6 Å². The van der Waals surface area contributed by atoms with E-state index in [-0.39, 0.29) is 11.6 Å². The number of hydrogen-bond donors (Lipinski definition) is 2. The lowest BCUT2D eigenvalue weighted by Crippen LogP contribution is -2.44. The third-order valence-corrected chi connectivity index (χ3v) is 3.40. The fourth-order valence-corrected chi connectivity index (χ4v) is 2.38. The molecule has 2 N–H and O–H groups in total. The number of methoxy groups -OCH3 is 1. The van der Waals surface area contributed by atoms with Gasteiger partial charge in [0.05, 0.1) is 7.11 Å². The van der Waals surface area contributed by atoms with Crippen LogP contribution in [0.25, 0.3) is 0 Å². The number of carbonyl (C=O) groups is 2. The van der Waals surface area contributed by atoms with E-state index >= 15 is 0 Å². The molecule has 1 aliphatic rings. The van der Waals surface area contributed by atoms with Gasteiger partial charge < -0.3 is 15.4 Å². The summed E-state index contributed by atoms with van der Waals surface area (Å²) in [5.41, 5.74) is 0.778. The number of amides is 1. The van der Waals surface area contributed by atoms with Gasteiger partial charge in [-0.25, -0.2) is 4.79 Å². The van der Waals surface area contributed by atoms with Gasteiger partial charge in [0.25, 0.3) is 5.91 Å². The van der Waals surface area contributed by atoms with Crippen molar-refractivity contribution in [3.8, 4) is 0 Å². The number of nitrogens with one attached hydrogen (secondary N) is 2. The van der Waals surface area contributed by atoms with Crippen LogP contribution in [0.1, 0.15) is 17.8 Å². The first-order valence-corrected chi connectivity index (χ1v) is 5.91. The maximum absolute atomic E-state index is 11.9. The Morgan fingerprint density at radius 2 is 2.29 bits per heavy atom. The summed E-state index contributed by atoms with van der Waals surface area (Å²) in [6.07, 6.45) is 0. The number of hydrogen-bond acceptors (Lipinski definition) is 5. The predicted molar refractivity (Wildman–Crippen MR) is 63.1 cm³/mol. The van der Waals surface area contributed by atoms with E-state index in [9.17, 15) is 9.59 Å².